The Bertz CT molecular complexity index is 174. The lowest BCUT2D eigenvalue weighted by Gasteiger charge is -2.32. The highest BCUT2D eigenvalue weighted by Gasteiger charge is 2.56. The van der Waals surface area contributed by atoms with Crippen molar-refractivity contribution in [2.75, 3.05) is 19.7 Å². The van der Waals surface area contributed by atoms with Crippen molar-refractivity contribution >= 4 is 0 Å². The molecule has 1 spiro atoms. The van der Waals surface area contributed by atoms with E-state index in [9.17, 15) is 0 Å². The fourth-order valence-electron chi connectivity index (χ4n) is 2.86. The first kappa shape index (κ1) is 6.44. The van der Waals surface area contributed by atoms with Gasteiger partial charge in [-0.15, -0.1) is 0 Å². The zero-order valence-electron chi connectivity index (χ0n) is 6.81. The highest BCUT2D eigenvalue weighted by atomic mass is 16.5. The van der Waals surface area contributed by atoms with E-state index >= 15 is 0 Å². The Kier molecular flexibility index (Phi) is 1.16. The van der Waals surface area contributed by atoms with Crippen LogP contribution in [0.2, 0.25) is 0 Å². The van der Waals surface area contributed by atoms with Crippen LogP contribution in [-0.2, 0) is 4.74 Å². The molecule has 0 radical (unpaired) electrons. The maximum Gasteiger partial charge on any atom is 0.0849 e. The summed E-state index contributed by atoms with van der Waals surface area (Å²) in [7, 11) is 0. The summed E-state index contributed by atoms with van der Waals surface area (Å²) in [6, 6.07) is 0. The average molecular weight is 153 g/mol. The van der Waals surface area contributed by atoms with Crippen LogP contribution in [0, 0.1) is 11.8 Å². The molecule has 2 saturated heterocycles. The van der Waals surface area contributed by atoms with Gasteiger partial charge in [0.25, 0.3) is 0 Å². The predicted molar refractivity (Wildman–Crippen MR) is 42.4 cm³/mol. The predicted octanol–water partition coefficient (Wildman–Crippen LogP) is 0.775. The van der Waals surface area contributed by atoms with Crippen molar-refractivity contribution in [1.82, 2.24) is 5.32 Å². The van der Waals surface area contributed by atoms with Gasteiger partial charge < -0.3 is 10.1 Å². The summed E-state index contributed by atoms with van der Waals surface area (Å²) in [5, 5.41) is 3.41. The van der Waals surface area contributed by atoms with Crippen molar-refractivity contribution in [3.05, 3.63) is 0 Å². The number of nitrogens with one attached hydrogen (secondary N) is 1. The molecule has 1 saturated carbocycles. The third kappa shape index (κ3) is 0.798. The molecule has 3 fully saturated rings. The van der Waals surface area contributed by atoms with E-state index in [1.165, 1.54) is 25.8 Å². The molecule has 0 aromatic rings. The molecule has 3 aliphatic rings. The Morgan fingerprint density at radius 3 is 3.27 bits per heavy atom. The van der Waals surface area contributed by atoms with Crippen LogP contribution < -0.4 is 5.32 Å². The monoisotopic (exact) mass is 153 g/mol. The van der Waals surface area contributed by atoms with Crippen molar-refractivity contribution < 1.29 is 4.74 Å². The maximum absolute atomic E-state index is 5.92. The van der Waals surface area contributed by atoms with Crippen LogP contribution in [-0.4, -0.2) is 25.3 Å². The van der Waals surface area contributed by atoms with Gasteiger partial charge in [0.15, 0.2) is 0 Å². The Morgan fingerprint density at radius 2 is 2.45 bits per heavy atom. The lowest BCUT2D eigenvalue weighted by atomic mass is 9.92. The molecule has 0 aromatic carbocycles. The number of ether oxygens (including phenoxy) is 1. The van der Waals surface area contributed by atoms with E-state index in [0.717, 1.165) is 25.0 Å². The van der Waals surface area contributed by atoms with Crippen LogP contribution in [0.4, 0.5) is 0 Å². The van der Waals surface area contributed by atoms with Gasteiger partial charge in [0.1, 0.15) is 0 Å². The van der Waals surface area contributed by atoms with Crippen LogP contribution >= 0.6 is 0 Å². The molecule has 1 aliphatic carbocycles. The molecule has 62 valence electrons. The Labute approximate surface area is 67.3 Å². The molecular weight excluding hydrogens is 138 g/mol. The van der Waals surface area contributed by atoms with Gasteiger partial charge in [0.05, 0.1) is 5.60 Å². The average Bonchev–Trinajstić information content (AvgIpc) is 2.68. The molecule has 0 amide bonds. The second-order valence-corrected chi connectivity index (χ2v) is 4.23. The third-order valence-electron chi connectivity index (χ3n) is 3.63. The third-order valence-corrected chi connectivity index (χ3v) is 3.63. The van der Waals surface area contributed by atoms with Crippen molar-refractivity contribution in [3.8, 4) is 0 Å². The molecule has 0 bridgehead atoms. The minimum Gasteiger partial charge on any atom is -0.373 e. The zero-order chi connectivity index (χ0) is 7.31. The quantitative estimate of drug-likeness (QED) is 0.555. The zero-order valence-corrected chi connectivity index (χ0v) is 6.81. The van der Waals surface area contributed by atoms with E-state index in [1.807, 2.05) is 0 Å². The smallest absolute Gasteiger partial charge is 0.0849 e. The van der Waals surface area contributed by atoms with Gasteiger partial charge in [0.2, 0.25) is 0 Å². The van der Waals surface area contributed by atoms with E-state index in [2.05, 4.69) is 5.32 Å². The van der Waals surface area contributed by atoms with Crippen LogP contribution in [0.15, 0.2) is 0 Å². The van der Waals surface area contributed by atoms with Crippen molar-refractivity contribution in [2.24, 2.45) is 11.8 Å². The molecule has 2 heteroatoms. The van der Waals surface area contributed by atoms with E-state index < -0.39 is 0 Å². The summed E-state index contributed by atoms with van der Waals surface area (Å²) >= 11 is 0. The summed E-state index contributed by atoms with van der Waals surface area (Å²) in [5.74, 6) is 1.95. The molecule has 2 nitrogen and oxygen atoms in total. The first-order chi connectivity index (χ1) is 5.41. The number of rotatable bonds is 0. The number of fused-ring (bicyclic) bond motifs is 2. The molecule has 1 N–H and O–H groups in total. The van der Waals surface area contributed by atoms with Crippen molar-refractivity contribution in [2.45, 2.75) is 24.9 Å². The molecule has 3 atom stereocenters. The standard InChI is InChI=1S/C9H15NO/c1-4-11-9(2-3-10-6-9)8-5-7(1)8/h7-8,10H,1-6H2. The largest absolute Gasteiger partial charge is 0.373 e. The molecular formula is C9H15NO. The number of hydrogen-bond donors (Lipinski definition) is 1. The molecule has 11 heavy (non-hydrogen) atoms. The molecule has 3 unspecified atom stereocenters. The van der Waals surface area contributed by atoms with Crippen molar-refractivity contribution in [1.29, 1.82) is 0 Å². The van der Waals surface area contributed by atoms with Gasteiger partial charge in [-0.05, 0) is 37.6 Å². The maximum atomic E-state index is 5.92. The summed E-state index contributed by atoms with van der Waals surface area (Å²) in [5.41, 5.74) is 0.295. The van der Waals surface area contributed by atoms with E-state index in [1.54, 1.807) is 0 Å². The lowest BCUT2D eigenvalue weighted by molar-refractivity contribution is -0.0736. The van der Waals surface area contributed by atoms with Crippen LogP contribution in [0.3, 0.4) is 0 Å². The topological polar surface area (TPSA) is 21.3 Å². The van der Waals surface area contributed by atoms with Gasteiger partial charge in [-0.3, -0.25) is 0 Å². The summed E-state index contributed by atoms with van der Waals surface area (Å²) < 4.78 is 5.92. The minimum atomic E-state index is 0.295. The van der Waals surface area contributed by atoms with Gasteiger partial charge in [-0.2, -0.15) is 0 Å². The van der Waals surface area contributed by atoms with Gasteiger partial charge in [-0.25, -0.2) is 0 Å². The normalized spacial score (nSPS) is 54.5. The van der Waals surface area contributed by atoms with Crippen molar-refractivity contribution in [3.63, 3.8) is 0 Å². The van der Waals surface area contributed by atoms with E-state index in [4.69, 9.17) is 4.74 Å². The van der Waals surface area contributed by atoms with Crippen LogP contribution in [0.5, 0.6) is 0 Å². The molecule has 2 heterocycles. The Morgan fingerprint density at radius 1 is 1.45 bits per heavy atom. The Hall–Kier alpha value is -0.0800. The highest BCUT2D eigenvalue weighted by molar-refractivity contribution is 5.08. The fourth-order valence-corrected chi connectivity index (χ4v) is 2.86. The minimum absolute atomic E-state index is 0.295. The molecule has 0 aromatic heterocycles. The van der Waals surface area contributed by atoms with Crippen LogP contribution in [0.1, 0.15) is 19.3 Å². The van der Waals surface area contributed by atoms with Gasteiger partial charge in [0, 0.05) is 13.2 Å². The first-order valence-electron chi connectivity index (χ1n) is 4.75. The van der Waals surface area contributed by atoms with Gasteiger partial charge in [-0.1, -0.05) is 0 Å². The number of hydrogen-bond acceptors (Lipinski definition) is 2. The van der Waals surface area contributed by atoms with E-state index in [0.29, 0.717) is 5.60 Å². The first-order valence-corrected chi connectivity index (χ1v) is 4.75. The fraction of sp³-hybridized carbons (Fsp3) is 1.00. The molecule has 2 aliphatic heterocycles. The summed E-state index contributed by atoms with van der Waals surface area (Å²) in [6.07, 6.45) is 4.03. The lowest BCUT2D eigenvalue weighted by Crippen LogP contribution is -2.41. The van der Waals surface area contributed by atoms with Crippen LogP contribution in [0.25, 0.3) is 0 Å². The molecule has 3 rings (SSSR count). The summed E-state index contributed by atoms with van der Waals surface area (Å²) in [4.78, 5) is 0. The van der Waals surface area contributed by atoms with E-state index in [-0.39, 0.29) is 0 Å². The second-order valence-electron chi connectivity index (χ2n) is 4.23. The summed E-state index contributed by atoms with van der Waals surface area (Å²) in [6.45, 7) is 3.31. The second kappa shape index (κ2) is 1.99. The SMILES string of the molecule is C1CC2(CN1)OCCC1CC12. The Balaban J connectivity index is 1.84. The van der Waals surface area contributed by atoms with Gasteiger partial charge >= 0.3 is 0 Å². The highest BCUT2D eigenvalue weighted by Crippen LogP contribution is 2.55.